The van der Waals surface area contributed by atoms with Crippen LogP contribution < -0.4 is 10.2 Å². The lowest BCUT2D eigenvalue weighted by molar-refractivity contribution is -0.142. The van der Waals surface area contributed by atoms with E-state index in [1.54, 1.807) is 6.20 Å². The maximum atomic E-state index is 11.0. The molecule has 0 atom stereocenters. The molecule has 1 saturated heterocycles. The van der Waals surface area contributed by atoms with Gasteiger partial charge in [-0.15, -0.1) is 0 Å². The number of aliphatic carboxylic acids is 1. The minimum atomic E-state index is -0.712. The smallest absolute Gasteiger partial charge is 0.306 e. The lowest BCUT2D eigenvalue weighted by Crippen LogP contribution is -2.36. The van der Waals surface area contributed by atoms with Crippen molar-refractivity contribution in [3.05, 3.63) is 41.0 Å². The number of nitrogens with one attached hydrogen (secondary N) is 1. The minimum Gasteiger partial charge on any atom is -0.481 e. The molecule has 1 aromatic carbocycles. The summed E-state index contributed by atoms with van der Waals surface area (Å²) in [5.74, 6) is 0.333. The summed E-state index contributed by atoms with van der Waals surface area (Å²) in [7, 11) is 0. The predicted molar refractivity (Wildman–Crippen MR) is 94.1 cm³/mol. The molecule has 1 aromatic heterocycles. The maximum absolute atomic E-state index is 11.0. The first-order valence-corrected chi connectivity index (χ1v) is 8.25. The molecule has 2 heterocycles. The molecule has 2 aromatic rings. The molecule has 0 saturated carbocycles. The Balaban J connectivity index is 1.73. The monoisotopic (exact) mass is 346 g/mol. The number of aromatic nitrogens is 2. The van der Waals surface area contributed by atoms with Crippen LogP contribution in [0.3, 0.4) is 0 Å². The lowest BCUT2D eigenvalue weighted by Gasteiger charge is -2.31. The second kappa shape index (κ2) is 7.05. The van der Waals surface area contributed by atoms with Gasteiger partial charge in [0.15, 0.2) is 0 Å². The lowest BCUT2D eigenvalue weighted by atomic mass is 9.97. The van der Waals surface area contributed by atoms with E-state index in [1.807, 2.05) is 31.2 Å². The summed E-state index contributed by atoms with van der Waals surface area (Å²) in [5.41, 5.74) is 1.81. The number of piperidine rings is 1. The second-order valence-electron chi connectivity index (χ2n) is 5.88. The Labute approximate surface area is 145 Å². The highest BCUT2D eigenvalue weighted by molar-refractivity contribution is 6.31. The van der Waals surface area contributed by atoms with Crippen molar-refractivity contribution in [1.82, 2.24) is 9.97 Å². The van der Waals surface area contributed by atoms with Crippen molar-refractivity contribution in [2.24, 2.45) is 5.92 Å². The summed E-state index contributed by atoms with van der Waals surface area (Å²) in [6, 6.07) is 7.48. The molecular weight excluding hydrogens is 328 g/mol. The van der Waals surface area contributed by atoms with E-state index < -0.39 is 5.97 Å². The second-order valence-corrected chi connectivity index (χ2v) is 6.28. The average Bonchev–Trinajstić information content (AvgIpc) is 2.59. The van der Waals surface area contributed by atoms with Gasteiger partial charge >= 0.3 is 5.97 Å². The minimum absolute atomic E-state index is 0.255. The van der Waals surface area contributed by atoms with E-state index in [9.17, 15) is 4.79 Å². The van der Waals surface area contributed by atoms with Gasteiger partial charge in [0.1, 0.15) is 5.82 Å². The molecule has 0 radical (unpaired) electrons. The zero-order chi connectivity index (χ0) is 17.1. The Morgan fingerprint density at radius 3 is 2.79 bits per heavy atom. The van der Waals surface area contributed by atoms with E-state index in [0.29, 0.717) is 36.9 Å². The number of benzene rings is 1. The molecular formula is C17H19ClN4O2. The van der Waals surface area contributed by atoms with Crippen LogP contribution in [-0.4, -0.2) is 34.1 Å². The first-order chi connectivity index (χ1) is 11.5. The van der Waals surface area contributed by atoms with Crippen LogP contribution in [0.2, 0.25) is 5.02 Å². The number of nitrogens with zero attached hydrogens (tertiary/aromatic N) is 3. The van der Waals surface area contributed by atoms with E-state index in [-0.39, 0.29) is 5.92 Å². The van der Waals surface area contributed by atoms with Crippen molar-refractivity contribution in [1.29, 1.82) is 0 Å². The van der Waals surface area contributed by atoms with Gasteiger partial charge in [0, 0.05) is 30.0 Å². The Morgan fingerprint density at radius 1 is 1.33 bits per heavy atom. The largest absolute Gasteiger partial charge is 0.481 e. The standard InChI is InChI=1S/C17H19ClN4O2/c1-11-13(18)3-2-4-14(11)20-17-19-8-5-15(21-17)22-9-6-12(7-10-22)16(23)24/h2-5,8,12H,6-7,9-10H2,1H3,(H,23,24)(H,19,20,21). The fraction of sp³-hybridized carbons (Fsp3) is 0.353. The SMILES string of the molecule is Cc1c(Cl)cccc1Nc1nccc(N2CCC(C(=O)O)CC2)n1. The Morgan fingerprint density at radius 2 is 2.08 bits per heavy atom. The van der Waals surface area contributed by atoms with E-state index in [0.717, 1.165) is 17.1 Å². The highest BCUT2D eigenvalue weighted by Gasteiger charge is 2.25. The number of rotatable bonds is 4. The van der Waals surface area contributed by atoms with E-state index in [4.69, 9.17) is 16.7 Å². The first-order valence-electron chi connectivity index (χ1n) is 7.87. The molecule has 6 nitrogen and oxygen atoms in total. The van der Waals surface area contributed by atoms with Crippen LogP contribution in [0.1, 0.15) is 18.4 Å². The third-order valence-electron chi connectivity index (χ3n) is 4.32. The summed E-state index contributed by atoms with van der Waals surface area (Å²) >= 11 is 6.14. The summed E-state index contributed by atoms with van der Waals surface area (Å²) < 4.78 is 0. The van der Waals surface area contributed by atoms with Crippen LogP contribution in [0.4, 0.5) is 17.5 Å². The number of carbonyl (C=O) groups is 1. The van der Waals surface area contributed by atoms with Crippen LogP contribution >= 0.6 is 11.6 Å². The molecule has 0 spiro atoms. The normalized spacial score (nSPS) is 15.3. The molecule has 24 heavy (non-hydrogen) atoms. The van der Waals surface area contributed by atoms with Crippen molar-refractivity contribution < 1.29 is 9.90 Å². The van der Waals surface area contributed by atoms with Gasteiger partial charge in [-0.05, 0) is 43.5 Å². The summed E-state index contributed by atoms with van der Waals surface area (Å²) in [6.45, 7) is 3.30. The molecule has 3 rings (SSSR count). The zero-order valence-corrected chi connectivity index (χ0v) is 14.1. The van der Waals surface area contributed by atoms with Crippen LogP contribution in [0.25, 0.3) is 0 Å². The van der Waals surface area contributed by atoms with Gasteiger partial charge in [-0.25, -0.2) is 4.98 Å². The molecule has 1 aliphatic heterocycles. The van der Waals surface area contributed by atoms with Gasteiger partial charge in [-0.3, -0.25) is 4.79 Å². The fourth-order valence-corrected chi connectivity index (χ4v) is 2.98. The third-order valence-corrected chi connectivity index (χ3v) is 4.73. The van der Waals surface area contributed by atoms with Crippen molar-refractivity contribution in [2.45, 2.75) is 19.8 Å². The van der Waals surface area contributed by atoms with Crippen molar-refractivity contribution >= 4 is 35.0 Å². The average molecular weight is 347 g/mol. The van der Waals surface area contributed by atoms with Crippen molar-refractivity contribution in [2.75, 3.05) is 23.3 Å². The summed E-state index contributed by atoms with van der Waals surface area (Å²) in [6.07, 6.45) is 2.97. The fourth-order valence-electron chi connectivity index (χ4n) is 2.80. The number of carboxylic acids is 1. The van der Waals surface area contributed by atoms with Gasteiger partial charge < -0.3 is 15.3 Å². The molecule has 0 amide bonds. The van der Waals surface area contributed by atoms with E-state index >= 15 is 0 Å². The number of hydrogen-bond donors (Lipinski definition) is 2. The van der Waals surface area contributed by atoms with Crippen LogP contribution in [0.15, 0.2) is 30.5 Å². The highest BCUT2D eigenvalue weighted by atomic mass is 35.5. The van der Waals surface area contributed by atoms with Gasteiger partial charge in [0.2, 0.25) is 5.95 Å². The maximum Gasteiger partial charge on any atom is 0.306 e. The molecule has 1 fully saturated rings. The first kappa shape index (κ1) is 16.5. The van der Waals surface area contributed by atoms with Gasteiger partial charge in [0.25, 0.3) is 0 Å². The van der Waals surface area contributed by atoms with Crippen LogP contribution in [0.5, 0.6) is 0 Å². The molecule has 0 bridgehead atoms. The van der Waals surface area contributed by atoms with E-state index in [2.05, 4.69) is 20.2 Å². The van der Waals surface area contributed by atoms with Crippen LogP contribution in [-0.2, 0) is 4.79 Å². The summed E-state index contributed by atoms with van der Waals surface area (Å²) in [4.78, 5) is 21.9. The molecule has 126 valence electrons. The number of anilines is 3. The topological polar surface area (TPSA) is 78.4 Å². The Kier molecular flexibility index (Phi) is 4.85. The highest BCUT2D eigenvalue weighted by Crippen LogP contribution is 2.26. The Hall–Kier alpha value is -2.34. The molecule has 0 aliphatic carbocycles. The number of halogens is 1. The van der Waals surface area contributed by atoms with Crippen molar-refractivity contribution in [3.8, 4) is 0 Å². The summed E-state index contributed by atoms with van der Waals surface area (Å²) in [5, 5.41) is 13.0. The molecule has 0 unspecified atom stereocenters. The predicted octanol–water partition coefficient (Wildman–Crippen LogP) is 3.48. The molecule has 2 N–H and O–H groups in total. The molecule has 1 aliphatic rings. The van der Waals surface area contributed by atoms with Crippen LogP contribution in [0, 0.1) is 12.8 Å². The quantitative estimate of drug-likeness (QED) is 0.882. The third kappa shape index (κ3) is 3.59. The van der Waals surface area contributed by atoms with E-state index in [1.165, 1.54) is 0 Å². The van der Waals surface area contributed by atoms with Gasteiger partial charge in [-0.1, -0.05) is 17.7 Å². The Bertz CT molecular complexity index is 745. The van der Waals surface area contributed by atoms with Crippen molar-refractivity contribution in [3.63, 3.8) is 0 Å². The number of carboxylic acid groups (broad SMARTS) is 1. The molecule has 7 heteroatoms. The van der Waals surface area contributed by atoms with Gasteiger partial charge in [0.05, 0.1) is 5.92 Å². The van der Waals surface area contributed by atoms with Gasteiger partial charge in [-0.2, -0.15) is 4.98 Å². The number of hydrogen-bond acceptors (Lipinski definition) is 5. The zero-order valence-electron chi connectivity index (χ0n) is 13.4.